The van der Waals surface area contributed by atoms with E-state index in [1.54, 1.807) is 18.6 Å². The van der Waals surface area contributed by atoms with Crippen molar-refractivity contribution in [2.45, 2.75) is 19.4 Å². The van der Waals surface area contributed by atoms with Crippen LogP contribution in [0.1, 0.15) is 12.8 Å². The summed E-state index contributed by atoms with van der Waals surface area (Å²) in [6.07, 6.45) is 6.99. The molecule has 0 atom stereocenters. The fraction of sp³-hybridized carbons (Fsp3) is 0.375. The lowest BCUT2D eigenvalue weighted by Crippen LogP contribution is -2.20. The van der Waals surface area contributed by atoms with Gasteiger partial charge in [-0.15, -0.1) is 0 Å². The minimum atomic E-state index is -0.507. The zero-order valence-corrected chi connectivity index (χ0v) is 12.5. The SMILES string of the molecule is Fc1ccc(-c2cnc3ncn(CC4CCOCC4)c3n2)cn1. The summed E-state index contributed by atoms with van der Waals surface area (Å²) >= 11 is 0. The first kappa shape index (κ1) is 14.2. The molecule has 3 aromatic rings. The van der Waals surface area contributed by atoms with Gasteiger partial charge in [0, 0.05) is 31.5 Å². The van der Waals surface area contributed by atoms with E-state index in [1.807, 2.05) is 4.57 Å². The molecule has 0 aliphatic carbocycles. The normalized spacial score (nSPS) is 16.0. The zero-order chi connectivity index (χ0) is 15.6. The molecule has 1 saturated heterocycles. The number of nitrogens with zero attached hydrogens (tertiary/aromatic N) is 5. The molecule has 1 fully saturated rings. The molecule has 7 heteroatoms. The molecule has 0 aromatic carbocycles. The van der Waals surface area contributed by atoms with Gasteiger partial charge in [0.15, 0.2) is 11.3 Å². The maximum absolute atomic E-state index is 13.0. The van der Waals surface area contributed by atoms with Crippen LogP contribution in [0.3, 0.4) is 0 Å². The van der Waals surface area contributed by atoms with Crippen molar-refractivity contribution in [2.75, 3.05) is 13.2 Å². The standard InChI is InChI=1S/C16H16FN5O/c17-14-2-1-12(7-18-14)13-8-19-15-16(21-13)22(10-20-15)9-11-3-5-23-6-4-11/h1-2,7-8,10-11H,3-6,9H2. The minimum Gasteiger partial charge on any atom is -0.381 e. The monoisotopic (exact) mass is 313 g/mol. The van der Waals surface area contributed by atoms with Gasteiger partial charge in [-0.3, -0.25) is 0 Å². The number of aromatic nitrogens is 5. The highest BCUT2D eigenvalue weighted by atomic mass is 19.1. The quantitative estimate of drug-likeness (QED) is 0.695. The van der Waals surface area contributed by atoms with Crippen molar-refractivity contribution in [2.24, 2.45) is 5.92 Å². The molecule has 0 spiro atoms. The van der Waals surface area contributed by atoms with Crippen molar-refractivity contribution in [1.82, 2.24) is 24.5 Å². The lowest BCUT2D eigenvalue weighted by atomic mass is 10.0. The molecule has 0 bridgehead atoms. The predicted octanol–water partition coefficient (Wildman–Crippen LogP) is 2.45. The first-order valence-electron chi connectivity index (χ1n) is 7.67. The first-order valence-corrected chi connectivity index (χ1v) is 7.67. The number of pyridine rings is 1. The number of ether oxygens (including phenoxy) is 1. The molecule has 4 rings (SSSR count). The second-order valence-electron chi connectivity index (χ2n) is 5.72. The third-order valence-electron chi connectivity index (χ3n) is 4.15. The molecule has 1 aliphatic rings. The van der Waals surface area contributed by atoms with Gasteiger partial charge in [0.1, 0.15) is 0 Å². The topological polar surface area (TPSA) is 65.7 Å². The number of fused-ring (bicyclic) bond motifs is 1. The van der Waals surface area contributed by atoms with E-state index in [9.17, 15) is 4.39 Å². The second kappa shape index (κ2) is 6.00. The van der Waals surface area contributed by atoms with Gasteiger partial charge in [-0.25, -0.2) is 19.9 Å². The lowest BCUT2D eigenvalue weighted by Gasteiger charge is -2.22. The molecule has 3 aromatic heterocycles. The second-order valence-corrected chi connectivity index (χ2v) is 5.72. The average Bonchev–Trinajstić information content (AvgIpc) is 2.99. The van der Waals surface area contributed by atoms with Crippen LogP contribution in [-0.2, 0) is 11.3 Å². The molecule has 0 amide bonds. The summed E-state index contributed by atoms with van der Waals surface area (Å²) in [4.78, 5) is 17.0. The highest BCUT2D eigenvalue weighted by Gasteiger charge is 2.16. The van der Waals surface area contributed by atoms with Crippen LogP contribution in [0.2, 0.25) is 0 Å². The number of halogens is 1. The van der Waals surface area contributed by atoms with Crippen LogP contribution >= 0.6 is 0 Å². The van der Waals surface area contributed by atoms with Crippen molar-refractivity contribution < 1.29 is 9.13 Å². The van der Waals surface area contributed by atoms with Crippen molar-refractivity contribution in [3.05, 3.63) is 36.8 Å². The van der Waals surface area contributed by atoms with E-state index in [1.165, 1.54) is 12.3 Å². The number of rotatable bonds is 3. The van der Waals surface area contributed by atoms with Crippen LogP contribution in [-0.4, -0.2) is 37.7 Å². The Balaban J connectivity index is 1.66. The molecular formula is C16H16FN5O. The summed E-state index contributed by atoms with van der Waals surface area (Å²) in [6, 6.07) is 2.97. The van der Waals surface area contributed by atoms with Crippen LogP contribution in [0.25, 0.3) is 22.6 Å². The van der Waals surface area contributed by atoms with Gasteiger partial charge in [0.25, 0.3) is 0 Å². The van der Waals surface area contributed by atoms with Gasteiger partial charge in [0.05, 0.1) is 18.2 Å². The third kappa shape index (κ3) is 2.92. The molecule has 1 aliphatic heterocycles. The maximum atomic E-state index is 13.0. The van der Waals surface area contributed by atoms with Gasteiger partial charge in [-0.05, 0) is 30.9 Å². The van der Waals surface area contributed by atoms with Crippen molar-refractivity contribution in [3.63, 3.8) is 0 Å². The van der Waals surface area contributed by atoms with Gasteiger partial charge >= 0.3 is 0 Å². The molecule has 118 valence electrons. The predicted molar refractivity (Wildman–Crippen MR) is 82.1 cm³/mol. The molecule has 6 nitrogen and oxygen atoms in total. The van der Waals surface area contributed by atoms with Crippen LogP contribution in [0.4, 0.5) is 4.39 Å². The van der Waals surface area contributed by atoms with E-state index in [0.717, 1.165) is 43.8 Å². The molecule has 0 N–H and O–H groups in total. The summed E-state index contributed by atoms with van der Waals surface area (Å²) in [7, 11) is 0. The Morgan fingerprint density at radius 2 is 2.00 bits per heavy atom. The fourth-order valence-corrected chi connectivity index (χ4v) is 2.84. The Morgan fingerprint density at radius 1 is 1.13 bits per heavy atom. The van der Waals surface area contributed by atoms with Crippen molar-refractivity contribution in [3.8, 4) is 11.3 Å². The zero-order valence-electron chi connectivity index (χ0n) is 12.5. The van der Waals surface area contributed by atoms with Crippen LogP contribution in [0, 0.1) is 11.9 Å². The highest BCUT2D eigenvalue weighted by Crippen LogP contribution is 2.21. The van der Waals surface area contributed by atoms with E-state index in [0.29, 0.717) is 17.3 Å². The summed E-state index contributed by atoms with van der Waals surface area (Å²) < 4.78 is 20.4. The smallest absolute Gasteiger partial charge is 0.212 e. The Labute approximate surface area is 132 Å². The van der Waals surface area contributed by atoms with Crippen molar-refractivity contribution >= 4 is 11.3 Å². The van der Waals surface area contributed by atoms with Crippen LogP contribution < -0.4 is 0 Å². The highest BCUT2D eigenvalue weighted by molar-refractivity contribution is 5.70. The molecule has 4 heterocycles. The summed E-state index contributed by atoms with van der Waals surface area (Å²) in [5.74, 6) is 0.0615. The van der Waals surface area contributed by atoms with Crippen LogP contribution in [0.15, 0.2) is 30.9 Å². The van der Waals surface area contributed by atoms with Gasteiger partial charge in [-0.2, -0.15) is 4.39 Å². The van der Waals surface area contributed by atoms with E-state index in [2.05, 4.69) is 19.9 Å². The van der Waals surface area contributed by atoms with E-state index in [4.69, 9.17) is 4.74 Å². The van der Waals surface area contributed by atoms with Crippen LogP contribution in [0.5, 0.6) is 0 Å². The number of hydrogen-bond donors (Lipinski definition) is 0. The Hall–Kier alpha value is -2.41. The Morgan fingerprint density at radius 3 is 2.78 bits per heavy atom. The third-order valence-corrected chi connectivity index (χ3v) is 4.15. The minimum absolute atomic E-state index is 0.507. The van der Waals surface area contributed by atoms with E-state index < -0.39 is 5.95 Å². The van der Waals surface area contributed by atoms with Gasteiger partial charge in [-0.1, -0.05) is 0 Å². The average molecular weight is 313 g/mol. The maximum Gasteiger partial charge on any atom is 0.212 e. The molecule has 23 heavy (non-hydrogen) atoms. The Bertz CT molecular complexity index is 811. The van der Waals surface area contributed by atoms with Gasteiger partial charge < -0.3 is 9.30 Å². The first-order chi connectivity index (χ1) is 11.3. The number of hydrogen-bond acceptors (Lipinski definition) is 5. The molecular weight excluding hydrogens is 297 g/mol. The summed E-state index contributed by atoms with van der Waals surface area (Å²) in [5, 5.41) is 0. The largest absolute Gasteiger partial charge is 0.381 e. The lowest BCUT2D eigenvalue weighted by molar-refractivity contribution is 0.0615. The van der Waals surface area contributed by atoms with E-state index >= 15 is 0 Å². The van der Waals surface area contributed by atoms with E-state index in [-0.39, 0.29) is 0 Å². The van der Waals surface area contributed by atoms with Crippen molar-refractivity contribution in [1.29, 1.82) is 0 Å². The number of imidazole rings is 1. The van der Waals surface area contributed by atoms with Gasteiger partial charge in [0.2, 0.25) is 5.95 Å². The summed E-state index contributed by atoms with van der Waals surface area (Å²) in [5.41, 5.74) is 2.77. The Kier molecular flexibility index (Phi) is 3.70. The molecule has 0 unspecified atom stereocenters. The molecule has 0 radical (unpaired) electrons. The summed E-state index contributed by atoms with van der Waals surface area (Å²) in [6.45, 7) is 2.49. The fourth-order valence-electron chi connectivity index (χ4n) is 2.84. The molecule has 0 saturated carbocycles.